The molecule has 1 N–H and O–H groups in total. The molecule has 6 heteroatoms. The third-order valence-electron chi connectivity index (χ3n) is 4.62. The van der Waals surface area contributed by atoms with Crippen LogP contribution in [0.2, 0.25) is 0 Å². The highest BCUT2D eigenvalue weighted by molar-refractivity contribution is 5.63. The fourth-order valence-corrected chi connectivity index (χ4v) is 3.35. The quantitative estimate of drug-likeness (QED) is 0.780. The molecule has 1 fully saturated rings. The first-order chi connectivity index (χ1) is 11.2. The zero-order chi connectivity index (χ0) is 15.8. The van der Waals surface area contributed by atoms with Gasteiger partial charge in [0.1, 0.15) is 5.65 Å². The molecule has 0 radical (unpaired) electrons. The summed E-state index contributed by atoms with van der Waals surface area (Å²) in [6.45, 7) is 2.01. The van der Waals surface area contributed by atoms with Crippen molar-refractivity contribution >= 4 is 5.65 Å². The standard InChI is InChI=1S/C17H19N5O/c1-21-15(12-4-7-18-8-5-12)10-17(23)22-16(21)9-14(20-22)13-3-2-6-19-11-13/h2-3,6,9-12,18H,4-5,7-8H2,1H3. The molecule has 23 heavy (non-hydrogen) atoms. The highest BCUT2D eigenvalue weighted by atomic mass is 16.1. The lowest BCUT2D eigenvalue weighted by atomic mass is 9.94. The largest absolute Gasteiger partial charge is 0.333 e. The van der Waals surface area contributed by atoms with Crippen LogP contribution in [-0.4, -0.2) is 32.3 Å². The molecule has 3 aromatic rings. The molecule has 1 saturated heterocycles. The van der Waals surface area contributed by atoms with Crippen molar-refractivity contribution in [1.29, 1.82) is 0 Å². The highest BCUT2D eigenvalue weighted by Crippen LogP contribution is 2.26. The second-order valence-corrected chi connectivity index (χ2v) is 6.03. The molecule has 3 aromatic heterocycles. The monoisotopic (exact) mass is 309 g/mol. The summed E-state index contributed by atoms with van der Waals surface area (Å²) in [7, 11) is 2.01. The molecule has 0 unspecified atom stereocenters. The van der Waals surface area contributed by atoms with Gasteiger partial charge in [-0.15, -0.1) is 0 Å². The Balaban J connectivity index is 1.86. The number of aromatic nitrogens is 4. The van der Waals surface area contributed by atoms with E-state index in [1.165, 1.54) is 4.52 Å². The SMILES string of the molecule is Cn1c(C2CCNCC2)cc(=O)n2nc(-c3cccnc3)cc12. The summed E-state index contributed by atoms with van der Waals surface area (Å²) in [5.41, 5.74) is 3.54. The summed E-state index contributed by atoms with van der Waals surface area (Å²) < 4.78 is 3.58. The van der Waals surface area contributed by atoms with Crippen LogP contribution in [0.3, 0.4) is 0 Å². The molecular formula is C17H19N5O. The van der Waals surface area contributed by atoms with Gasteiger partial charge in [-0.1, -0.05) is 0 Å². The van der Waals surface area contributed by atoms with E-state index in [1.54, 1.807) is 18.5 Å². The van der Waals surface area contributed by atoms with Gasteiger partial charge in [0.2, 0.25) is 0 Å². The summed E-state index contributed by atoms with van der Waals surface area (Å²) in [4.78, 5) is 16.6. The molecule has 0 aliphatic carbocycles. The third-order valence-corrected chi connectivity index (χ3v) is 4.62. The minimum Gasteiger partial charge on any atom is -0.333 e. The molecule has 118 valence electrons. The molecule has 4 rings (SSSR count). The lowest BCUT2D eigenvalue weighted by Crippen LogP contribution is -2.29. The third kappa shape index (κ3) is 2.45. The molecule has 1 aliphatic rings. The Bertz CT molecular complexity index is 890. The molecule has 4 heterocycles. The molecule has 0 atom stereocenters. The zero-order valence-corrected chi connectivity index (χ0v) is 13.1. The van der Waals surface area contributed by atoms with Crippen LogP contribution < -0.4 is 10.9 Å². The maximum absolute atomic E-state index is 12.5. The first kappa shape index (κ1) is 14.1. The minimum absolute atomic E-state index is 0.0678. The number of nitrogens with one attached hydrogen (secondary N) is 1. The predicted molar refractivity (Wildman–Crippen MR) is 88.5 cm³/mol. The van der Waals surface area contributed by atoms with E-state index < -0.39 is 0 Å². The Morgan fingerprint density at radius 2 is 2.09 bits per heavy atom. The van der Waals surface area contributed by atoms with Crippen molar-refractivity contribution in [2.75, 3.05) is 13.1 Å². The molecular weight excluding hydrogens is 290 g/mol. The Morgan fingerprint density at radius 3 is 2.83 bits per heavy atom. The zero-order valence-electron chi connectivity index (χ0n) is 13.1. The number of pyridine rings is 1. The number of nitrogens with zero attached hydrogens (tertiary/aromatic N) is 4. The topological polar surface area (TPSA) is 64.2 Å². The van der Waals surface area contributed by atoms with Gasteiger partial charge < -0.3 is 9.88 Å². The highest BCUT2D eigenvalue weighted by Gasteiger charge is 2.20. The van der Waals surface area contributed by atoms with Crippen molar-refractivity contribution in [2.45, 2.75) is 18.8 Å². The lowest BCUT2D eigenvalue weighted by Gasteiger charge is -2.25. The van der Waals surface area contributed by atoms with E-state index in [-0.39, 0.29) is 5.56 Å². The second kappa shape index (κ2) is 5.62. The van der Waals surface area contributed by atoms with Gasteiger partial charge in [-0.2, -0.15) is 9.61 Å². The summed E-state index contributed by atoms with van der Waals surface area (Å²) in [6.07, 6.45) is 5.62. The molecule has 0 saturated carbocycles. The summed E-state index contributed by atoms with van der Waals surface area (Å²) in [5.74, 6) is 0.427. The Kier molecular flexibility index (Phi) is 3.46. The van der Waals surface area contributed by atoms with E-state index in [9.17, 15) is 4.79 Å². The molecule has 0 spiro atoms. The number of hydrogen-bond acceptors (Lipinski definition) is 4. The maximum Gasteiger partial charge on any atom is 0.274 e. The van der Waals surface area contributed by atoms with Gasteiger partial charge in [0.05, 0.1) is 5.69 Å². The van der Waals surface area contributed by atoms with Gasteiger partial charge in [0.15, 0.2) is 0 Å². The molecule has 0 amide bonds. The summed E-state index contributed by atoms with van der Waals surface area (Å²) >= 11 is 0. The molecule has 0 bridgehead atoms. The number of rotatable bonds is 2. The first-order valence-electron chi connectivity index (χ1n) is 7.95. The van der Waals surface area contributed by atoms with Crippen LogP contribution in [0.1, 0.15) is 24.5 Å². The number of fused-ring (bicyclic) bond motifs is 1. The fraction of sp³-hybridized carbons (Fsp3) is 0.353. The molecule has 0 aromatic carbocycles. The first-order valence-corrected chi connectivity index (χ1v) is 7.95. The van der Waals surface area contributed by atoms with Crippen LogP contribution in [0.4, 0.5) is 0 Å². The summed E-state index contributed by atoms with van der Waals surface area (Å²) in [5, 5.41) is 7.83. The van der Waals surface area contributed by atoms with Crippen LogP contribution in [0.5, 0.6) is 0 Å². The van der Waals surface area contributed by atoms with Crippen molar-refractivity contribution in [3.8, 4) is 11.3 Å². The molecule has 1 aliphatic heterocycles. The van der Waals surface area contributed by atoms with Gasteiger partial charge in [-0.05, 0) is 38.1 Å². The number of aryl methyl sites for hydroxylation is 1. The second-order valence-electron chi connectivity index (χ2n) is 6.03. The van der Waals surface area contributed by atoms with Crippen molar-refractivity contribution in [3.63, 3.8) is 0 Å². The van der Waals surface area contributed by atoms with Crippen LogP contribution in [0, 0.1) is 0 Å². The average molecular weight is 309 g/mol. The van der Waals surface area contributed by atoms with Gasteiger partial charge in [0.25, 0.3) is 5.56 Å². The van der Waals surface area contributed by atoms with Crippen LogP contribution in [0.25, 0.3) is 16.9 Å². The van der Waals surface area contributed by atoms with Crippen molar-refractivity contribution in [2.24, 2.45) is 7.05 Å². The lowest BCUT2D eigenvalue weighted by molar-refractivity contribution is 0.443. The maximum atomic E-state index is 12.5. The fourth-order valence-electron chi connectivity index (χ4n) is 3.35. The van der Waals surface area contributed by atoms with E-state index >= 15 is 0 Å². The van der Waals surface area contributed by atoms with Crippen molar-refractivity contribution < 1.29 is 0 Å². The minimum atomic E-state index is -0.0678. The van der Waals surface area contributed by atoms with Gasteiger partial charge in [0, 0.05) is 48.7 Å². The Morgan fingerprint density at radius 1 is 1.26 bits per heavy atom. The number of hydrogen-bond donors (Lipinski definition) is 1. The normalized spacial score (nSPS) is 16.0. The number of piperidine rings is 1. The van der Waals surface area contributed by atoms with E-state index in [2.05, 4.69) is 20.0 Å². The Labute approximate surface area is 133 Å². The van der Waals surface area contributed by atoms with Crippen molar-refractivity contribution in [1.82, 2.24) is 24.5 Å². The van der Waals surface area contributed by atoms with Crippen LogP contribution in [0.15, 0.2) is 41.5 Å². The van der Waals surface area contributed by atoms with Gasteiger partial charge >= 0.3 is 0 Å². The van der Waals surface area contributed by atoms with E-state index in [0.29, 0.717) is 5.92 Å². The smallest absolute Gasteiger partial charge is 0.274 e. The van der Waals surface area contributed by atoms with Crippen LogP contribution in [-0.2, 0) is 7.05 Å². The van der Waals surface area contributed by atoms with E-state index in [1.807, 2.05) is 25.2 Å². The molecule has 6 nitrogen and oxygen atoms in total. The van der Waals surface area contributed by atoms with Gasteiger partial charge in [-0.25, -0.2) is 0 Å². The predicted octanol–water partition coefficient (Wildman–Crippen LogP) is 1.56. The average Bonchev–Trinajstić information content (AvgIpc) is 3.06. The van der Waals surface area contributed by atoms with Crippen LogP contribution >= 0.6 is 0 Å². The van der Waals surface area contributed by atoms with Gasteiger partial charge in [-0.3, -0.25) is 9.78 Å². The summed E-state index contributed by atoms with van der Waals surface area (Å²) in [6, 6.07) is 7.52. The van der Waals surface area contributed by atoms with E-state index in [4.69, 9.17) is 0 Å². The Hall–Kier alpha value is -2.47. The van der Waals surface area contributed by atoms with E-state index in [0.717, 1.165) is 48.5 Å². The van der Waals surface area contributed by atoms with Crippen molar-refractivity contribution in [3.05, 3.63) is 52.7 Å².